The third-order valence-corrected chi connectivity index (χ3v) is 3.15. The minimum Gasteiger partial charge on any atom is -0.454 e. The van der Waals surface area contributed by atoms with Gasteiger partial charge in [0.2, 0.25) is 6.79 Å². The number of anilines is 1. The van der Waals surface area contributed by atoms with Crippen LogP contribution in [0.1, 0.15) is 11.1 Å². The van der Waals surface area contributed by atoms with Gasteiger partial charge in [0.25, 0.3) is 0 Å². The second-order valence-electron chi connectivity index (χ2n) is 4.62. The number of alkyl halides is 3. The quantitative estimate of drug-likeness (QED) is 0.926. The molecule has 21 heavy (non-hydrogen) atoms. The van der Waals surface area contributed by atoms with Crippen molar-refractivity contribution in [3.05, 3.63) is 53.6 Å². The Morgan fingerprint density at radius 2 is 1.67 bits per heavy atom. The molecule has 1 aliphatic rings. The fraction of sp³-hybridized carbons (Fsp3) is 0.200. The van der Waals surface area contributed by atoms with Crippen molar-refractivity contribution in [3.8, 4) is 11.5 Å². The van der Waals surface area contributed by atoms with Crippen LogP contribution in [0.15, 0.2) is 42.5 Å². The Balaban J connectivity index is 1.65. The molecule has 0 fully saturated rings. The Kier molecular flexibility index (Phi) is 3.37. The van der Waals surface area contributed by atoms with Crippen LogP contribution < -0.4 is 14.8 Å². The molecular formula is C15H12F3NO2. The van der Waals surface area contributed by atoms with Crippen LogP contribution in [0, 0.1) is 0 Å². The summed E-state index contributed by atoms with van der Waals surface area (Å²) in [7, 11) is 0. The lowest BCUT2D eigenvalue weighted by atomic mass is 10.1. The van der Waals surface area contributed by atoms with Crippen LogP contribution in [0.25, 0.3) is 0 Å². The molecule has 2 aromatic rings. The van der Waals surface area contributed by atoms with E-state index in [1.54, 1.807) is 12.1 Å². The molecule has 1 N–H and O–H groups in total. The van der Waals surface area contributed by atoms with E-state index < -0.39 is 11.7 Å². The van der Waals surface area contributed by atoms with Crippen LogP contribution in [0.2, 0.25) is 0 Å². The van der Waals surface area contributed by atoms with Gasteiger partial charge in [0, 0.05) is 18.3 Å². The molecule has 1 heterocycles. The van der Waals surface area contributed by atoms with Crippen LogP contribution in [-0.2, 0) is 12.7 Å². The SMILES string of the molecule is FC(F)(F)c1ccc(CNc2ccc3c(c2)OCO3)cc1. The van der Waals surface area contributed by atoms with Crippen molar-refractivity contribution >= 4 is 5.69 Å². The fourth-order valence-electron chi connectivity index (χ4n) is 2.02. The molecule has 0 bridgehead atoms. The van der Waals surface area contributed by atoms with Gasteiger partial charge in [-0.25, -0.2) is 0 Å². The average Bonchev–Trinajstić information content (AvgIpc) is 2.92. The first-order valence-corrected chi connectivity index (χ1v) is 6.32. The van der Waals surface area contributed by atoms with Crippen LogP contribution in [0.5, 0.6) is 11.5 Å². The molecule has 0 unspecified atom stereocenters. The van der Waals surface area contributed by atoms with Gasteiger partial charge < -0.3 is 14.8 Å². The summed E-state index contributed by atoms with van der Waals surface area (Å²) in [5.74, 6) is 1.35. The molecule has 0 saturated carbocycles. The van der Waals surface area contributed by atoms with Crippen LogP contribution in [0.4, 0.5) is 18.9 Å². The smallest absolute Gasteiger partial charge is 0.416 e. The molecule has 3 nitrogen and oxygen atoms in total. The number of hydrogen-bond donors (Lipinski definition) is 1. The van der Waals surface area contributed by atoms with Crippen molar-refractivity contribution in [3.63, 3.8) is 0 Å². The lowest BCUT2D eigenvalue weighted by molar-refractivity contribution is -0.137. The molecule has 6 heteroatoms. The topological polar surface area (TPSA) is 30.5 Å². The fourth-order valence-corrected chi connectivity index (χ4v) is 2.02. The molecule has 0 saturated heterocycles. The van der Waals surface area contributed by atoms with E-state index in [0.717, 1.165) is 23.4 Å². The van der Waals surface area contributed by atoms with Gasteiger partial charge in [-0.3, -0.25) is 0 Å². The maximum absolute atomic E-state index is 12.5. The normalized spacial score (nSPS) is 13.3. The van der Waals surface area contributed by atoms with Gasteiger partial charge in [-0.1, -0.05) is 12.1 Å². The van der Waals surface area contributed by atoms with Crippen LogP contribution in [0.3, 0.4) is 0 Å². The number of ether oxygens (including phenoxy) is 2. The minimum atomic E-state index is -4.30. The Hall–Kier alpha value is -2.37. The van der Waals surface area contributed by atoms with Gasteiger partial charge in [-0.05, 0) is 29.8 Å². The van der Waals surface area contributed by atoms with Crippen LogP contribution in [-0.4, -0.2) is 6.79 Å². The van der Waals surface area contributed by atoms with Gasteiger partial charge in [-0.2, -0.15) is 13.2 Å². The molecule has 0 amide bonds. The predicted molar refractivity (Wildman–Crippen MR) is 71.3 cm³/mol. The van der Waals surface area contributed by atoms with E-state index in [1.807, 2.05) is 6.07 Å². The zero-order valence-electron chi connectivity index (χ0n) is 10.9. The zero-order valence-corrected chi connectivity index (χ0v) is 10.9. The second kappa shape index (κ2) is 5.20. The Morgan fingerprint density at radius 3 is 2.38 bits per heavy atom. The van der Waals surface area contributed by atoms with Crippen molar-refractivity contribution in [2.45, 2.75) is 12.7 Å². The van der Waals surface area contributed by atoms with Crippen molar-refractivity contribution in [2.24, 2.45) is 0 Å². The number of benzene rings is 2. The first-order chi connectivity index (χ1) is 10.0. The lowest BCUT2D eigenvalue weighted by Gasteiger charge is -2.09. The number of rotatable bonds is 3. The standard InChI is InChI=1S/C15H12F3NO2/c16-15(17,18)11-3-1-10(2-4-11)8-19-12-5-6-13-14(7-12)21-9-20-13/h1-7,19H,8-9H2. The summed E-state index contributed by atoms with van der Waals surface area (Å²) in [6, 6.07) is 10.5. The number of hydrogen-bond acceptors (Lipinski definition) is 3. The summed E-state index contributed by atoms with van der Waals surface area (Å²) < 4.78 is 47.8. The highest BCUT2D eigenvalue weighted by Crippen LogP contribution is 2.34. The first-order valence-electron chi connectivity index (χ1n) is 6.32. The van der Waals surface area contributed by atoms with E-state index in [2.05, 4.69) is 5.32 Å². The van der Waals surface area contributed by atoms with Gasteiger partial charge in [-0.15, -0.1) is 0 Å². The summed E-state index contributed by atoms with van der Waals surface area (Å²) in [6.45, 7) is 0.634. The zero-order chi connectivity index (χ0) is 14.9. The number of fused-ring (bicyclic) bond motifs is 1. The predicted octanol–water partition coefficient (Wildman–Crippen LogP) is 4.05. The lowest BCUT2D eigenvalue weighted by Crippen LogP contribution is -2.05. The van der Waals surface area contributed by atoms with E-state index >= 15 is 0 Å². The van der Waals surface area contributed by atoms with Crippen LogP contribution >= 0.6 is 0 Å². The third-order valence-electron chi connectivity index (χ3n) is 3.15. The summed E-state index contributed by atoms with van der Waals surface area (Å²) in [5.41, 5.74) is 0.939. The highest BCUT2D eigenvalue weighted by atomic mass is 19.4. The molecule has 0 aromatic heterocycles. The van der Waals surface area contributed by atoms with Gasteiger partial charge in [0.05, 0.1) is 5.56 Å². The van der Waals surface area contributed by atoms with E-state index in [9.17, 15) is 13.2 Å². The van der Waals surface area contributed by atoms with Crippen molar-refractivity contribution in [2.75, 3.05) is 12.1 Å². The highest BCUT2D eigenvalue weighted by Gasteiger charge is 2.29. The minimum absolute atomic E-state index is 0.206. The van der Waals surface area contributed by atoms with E-state index in [4.69, 9.17) is 9.47 Å². The Bertz CT molecular complexity index is 638. The average molecular weight is 295 g/mol. The molecule has 0 aliphatic carbocycles. The monoisotopic (exact) mass is 295 g/mol. The van der Waals surface area contributed by atoms with Crippen molar-refractivity contribution in [1.82, 2.24) is 0 Å². The Morgan fingerprint density at radius 1 is 0.952 bits per heavy atom. The highest BCUT2D eigenvalue weighted by molar-refractivity contribution is 5.55. The molecule has 2 aromatic carbocycles. The van der Waals surface area contributed by atoms with Gasteiger partial charge >= 0.3 is 6.18 Å². The van der Waals surface area contributed by atoms with E-state index in [-0.39, 0.29) is 6.79 Å². The second-order valence-corrected chi connectivity index (χ2v) is 4.62. The Labute approximate surface area is 119 Å². The number of nitrogens with one attached hydrogen (secondary N) is 1. The molecule has 1 aliphatic heterocycles. The third kappa shape index (κ3) is 3.04. The van der Waals surface area contributed by atoms with Gasteiger partial charge in [0.1, 0.15) is 0 Å². The largest absolute Gasteiger partial charge is 0.454 e. The number of halogens is 3. The maximum Gasteiger partial charge on any atom is 0.416 e. The van der Waals surface area contributed by atoms with Gasteiger partial charge in [0.15, 0.2) is 11.5 Å². The first kappa shape index (κ1) is 13.6. The molecule has 0 atom stereocenters. The maximum atomic E-state index is 12.5. The summed E-state index contributed by atoms with van der Waals surface area (Å²) in [6.07, 6.45) is -4.30. The van der Waals surface area contributed by atoms with E-state index in [0.29, 0.717) is 18.0 Å². The molecular weight excluding hydrogens is 283 g/mol. The summed E-state index contributed by atoms with van der Waals surface area (Å²) in [5, 5.41) is 3.13. The molecule has 110 valence electrons. The van der Waals surface area contributed by atoms with Crippen molar-refractivity contribution < 1.29 is 22.6 Å². The summed E-state index contributed by atoms with van der Waals surface area (Å²) >= 11 is 0. The molecule has 3 rings (SSSR count). The molecule has 0 radical (unpaired) electrons. The summed E-state index contributed by atoms with van der Waals surface area (Å²) in [4.78, 5) is 0. The molecule has 0 spiro atoms. The van der Waals surface area contributed by atoms with E-state index in [1.165, 1.54) is 12.1 Å². The van der Waals surface area contributed by atoms with Crippen molar-refractivity contribution in [1.29, 1.82) is 0 Å².